The second kappa shape index (κ2) is 6.71. The second-order valence-electron chi connectivity index (χ2n) is 5.50. The Morgan fingerprint density at radius 1 is 1.25 bits per heavy atom. The highest BCUT2D eigenvalue weighted by Gasteiger charge is 2.15. The first-order chi connectivity index (χ1) is 9.61. The lowest BCUT2D eigenvalue weighted by atomic mass is 10.0. The minimum absolute atomic E-state index is 0.280. The number of rotatable bonds is 6. The average molecular weight is 272 g/mol. The van der Waals surface area contributed by atoms with Gasteiger partial charge in [0.2, 0.25) is 0 Å². The lowest BCUT2D eigenvalue weighted by Crippen LogP contribution is -2.31. The van der Waals surface area contributed by atoms with Crippen molar-refractivity contribution in [3.63, 3.8) is 0 Å². The number of pyridine rings is 1. The smallest absolute Gasteiger partial charge is 0.129 e. The van der Waals surface area contributed by atoms with Crippen LogP contribution in [0, 0.1) is 12.8 Å². The van der Waals surface area contributed by atoms with Gasteiger partial charge in [-0.3, -0.25) is 0 Å². The molecule has 0 bridgehead atoms. The van der Waals surface area contributed by atoms with Gasteiger partial charge in [-0.1, -0.05) is 32.0 Å². The maximum Gasteiger partial charge on any atom is 0.129 e. The summed E-state index contributed by atoms with van der Waals surface area (Å²) in [4.78, 5) is 4.74. The highest BCUT2D eigenvalue weighted by molar-refractivity contribution is 5.81. The maximum absolute atomic E-state index is 5.57. The summed E-state index contributed by atoms with van der Waals surface area (Å²) in [6.07, 6.45) is 0. The van der Waals surface area contributed by atoms with Crippen LogP contribution < -0.4 is 5.32 Å². The summed E-state index contributed by atoms with van der Waals surface area (Å²) in [5, 5.41) is 4.72. The summed E-state index contributed by atoms with van der Waals surface area (Å²) in [5.74, 6) is 1.45. The van der Waals surface area contributed by atoms with Crippen molar-refractivity contribution >= 4 is 16.7 Å². The highest BCUT2D eigenvalue weighted by Crippen LogP contribution is 2.21. The topological polar surface area (TPSA) is 34.1 Å². The van der Waals surface area contributed by atoms with E-state index in [0.29, 0.717) is 12.5 Å². The minimum Gasteiger partial charge on any atom is -0.380 e. The standard InChI is InChI=1S/C17H24N2O/c1-5-20-11-16(12(2)3)19-17-13(4)10-14-8-6-7-9-15(14)18-17/h6-10,12,16H,5,11H2,1-4H3,(H,18,19). The lowest BCUT2D eigenvalue weighted by Gasteiger charge is -2.23. The fraction of sp³-hybridized carbons (Fsp3) is 0.471. The van der Waals surface area contributed by atoms with E-state index in [1.54, 1.807) is 0 Å². The summed E-state index contributed by atoms with van der Waals surface area (Å²) in [6, 6.07) is 10.7. The number of nitrogens with one attached hydrogen (secondary N) is 1. The molecule has 0 fully saturated rings. The fourth-order valence-electron chi connectivity index (χ4n) is 2.19. The first-order valence-corrected chi connectivity index (χ1v) is 7.32. The Morgan fingerprint density at radius 3 is 2.70 bits per heavy atom. The third kappa shape index (κ3) is 3.48. The SMILES string of the molecule is CCOCC(Nc1nc2ccccc2cc1C)C(C)C. The summed E-state index contributed by atoms with van der Waals surface area (Å²) >= 11 is 0. The normalized spacial score (nSPS) is 12.8. The molecule has 2 rings (SSSR count). The van der Waals surface area contributed by atoms with Gasteiger partial charge in [-0.25, -0.2) is 4.98 Å². The van der Waals surface area contributed by atoms with Gasteiger partial charge >= 0.3 is 0 Å². The molecular weight excluding hydrogens is 248 g/mol. The van der Waals surface area contributed by atoms with Crippen molar-refractivity contribution in [3.05, 3.63) is 35.9 Å². The van der Waals surface area contributed by atoms with Crippen molar-refractivity contribution in [3.8, 4) is 0 Å². The first kappa shape index (κ1) is 14.8. The van der Waals surface area contributed by atoms with E-state index in [9.17, 15) is 0 Å². The molecular formula is C17H24N2O. The fourth-order valence-corrected chi connectivity index (χ4v) is 2.19. The Labute approximate surface area is 121 Å². The average Bonchev–Trinajstić information content (AvgIpc) is 2.43. The van der Waals surface area contributed by atoms with E-state index in [2.05, 4.69) is 38.2 Å². The summed E-state index contributed by atoms with van der Waals surface area (Å²) in [6.45, 7) is 9.98. The van der Waals surface area contributed by atoms with Crippen molar-refractivity contribution in [2.75, 3.05) is 18.5 Å². The molecule has 1 heterocycles. The third-order valence-electron chi connectivity index (χ3n) is 3.54. The Hall–Kier alpha value is -1.61. The Kier molecular flexibility index (Phi) is 4.96. The van der Waals surface area contributed by atoms with Crippen molar-refractivity contribution in [2.24, 2.45) is 5.92 Å². The molecule has 0 spiro atoms. The van der Waals surface area contributed by atoms with Gasteiger partial charge in [-0.2, -0.15) is 0 Å². The van der Waals surface area contributed by atoms with Crippen molar-refractivity contribution in [1.82, 2.24) is 4.98 Å². The molecule has 0 saturated carbocycles. The summed E-state index contributed by atoms with van der Waals surface area (Å²) in [7, 11) is 0. The zero-order chi connectivity index (χ0) is 14.5. The third-order valence-corrected chi connectivity index (χ3v) is 3.54. The number of anilines is 1. The number of hydrogen-bond acceptors (Lipinski definition) is 3. The number of para-hydroxylation sites is 1. The van der Waals surface area contributed by atoms with Gasteiger partial charge in [0, 0.05) is 12.0 Å². The number of fused-ring (bicyclic) bond motifs is 1. The largest absolute Gasteiger partial charge is 0.380 e. The van der Waals surface area contributed by atoms with Crippen molar-refractivity contribution < 1.29 is 4.74 Å². The van der Waals surface area contributed by atoms with Crippen LogP contribution in [0.25, 0.3) is 10.9 Å². The molecule has 1 unspecified atom stereocenters. The zero-order valence-corrected chi connectivity index (χ0v) is 12.8. The number of hydrogen-bond donors (Lipinski definition) is 1. The van der Waals surface area contributed by atoms with Gasteiger partial charge in [0.1, 0.15) is 5.82 Å². The van der Waals surface area contributed by atoms with Crippen molar-refractivity contribution in [1.29, 1.82) is 0 Å². The molecule has 1 aromatic carbocycles. The van der Waals surface area contributed by atoms with E-state index >= 15 is 0 Å². The van der Waals surface area contributed by atoms with Gasteiger partial charge in [-0.15, -0.1) is 0 Å². The van der Waals surface area contributed by atoms with Crippen LogP contribution in [0.1, 0.15) is 26.3 Å². The molecule has 0 amide bonds. The van der Waals surface area contributed by atoms with Crippen LogP contribution in [-0.4, -0.2) is 24.2 Å². The van der Waals surface area contributed by atoms with Gasteiger partial charge in [0.15, 0.2) is 0 Å². The maximum atomic E-state index is 5.57. The molecule has 1 atom stereocenters. The molecule has 108 valence electrons. The minimum atomic E-state index is 0.280. The number of aromatic nitrogens is 1. The van der Waals surface area contributed by atoms with Gasteiger partial charge < -0.3 is 10.1 Å². The Bertz CT molecular complexity index is 566. The van der Waals surface area contributed by atoms with Crippen LogP contribution in [0.4, 0.5) is 5.82 Å². The monoisotopic (exact) mass is 272 g/mol. The number of nitrogens with zero attached hydrogens (tertiary/aromatic N) is 1. The van der Waals surface area contributed by atoms with E-state index in [-0.39, 0.29) is 6.04 Å². The Morgan fingerprint density at radius 2 is 2.00 bits per heavy atom. The van der Waals surface area contributed by atoms with E-state index in [0.717, 1.165) is 17.9 Å². The molecule has 20 heavy (non-hydrogen) atoms. The predicted octanol–water partition coefficient (Wildman–Crippen LogP) is 4.02. The van der Waals surface area contributed by atoms with E-state index in [1.807, 2.05) is 25.1 Å². The number of benzene rings is 1. The van der Waals surface area contributed by atoms with Crippen LogP contribution in [0.2, 0.25) is 0 Å². The van der Waals surface area contributed by atoms with Crippen LogP contribution >= 0.6 is 0 Å². The van der Waals surface area contributed by atoms with E-state index < -0.39 is 0 Å². The van der Waals surface area contributed by atoms with E-state index in [1.165, 1.54) is 10.9 Å². The first-order valence-electron chi connectivity index (χ1n) is 7.32. The molecule has 0 saturated heterocycles. The van der Waals surface area contributed by atoms with Gasteiger partial charge in [0.25, 0.3) is 0 Å². The van der Waals surface area contributed by atoms with Crippen LogP contribution in [0.5, 0.6) is 0 Å². The zero-order valence-electron chi connectivity index (χ0n) is 12.8. The molecule has 2 aromatic rings. The molecule has 1 aromatic heterocycles. The van der Waals surface area contributed by atoms with E-state index in [4.69, 9.17) is 9.72 Å². The highest BCUT2D eigenvalue weighted by atomic mass is 16.5. The Balaban J connectivity index is 2.24. The molecule has 0 aliphatic heterocycles. The quantitative estimate of drug-likeness (QED) is 0.862. The molecule has 3 nitrogen and oxygen atoms in total. The number of ether oxygens (including phenoxy) is 1. The molecule has 0 aliphatic rings. The van der Waals surface area contributed by atoms with Crippen LogP contribution in [0.3, 0.4) is 0 Å². The van der Waals surface area contributed by atoms with Crippen LogP contribution in [-0.2, 0) is 4.74 Å². The summed E-state index contributed by atoms with van der Waals surface area (Å²) < 4.78 is 5.57. The molecule has 3 heteroatoms. The van der Waals surface area contributed by atoms with Gasteiger partial charge in [-0.05, 0) is 37.5 Å². The molecule has 1 N–H and O–H groups in total. The summed E-state index contributed by atoms with van der Waals surface area (Å²) in [5.41, 5.74) is 2.20. The second-order valence-corrected chi connectivity index (χ2v) is 5.50. The molecule has 0 aliphatic carbocycles. The predicted molar refractivity (Wildman–Crippen MR) is 85.2 cm³/mol. The van der Waals surface area contributed by atoms with Crippen LogP contribution in [0.15, 0.2) is 30.3 Å². The number of aryl methyl sites for hydroxylation is 1. The van der Waals surface area contributed by atoms with Gasteiger partial charge in [0.05, 0.1) is 18.2 Å². The lowest BCUT2D eigenvalue weighted by molar-refractivity contribution is 0.126. The molecule has 0 radical (unpaired) electrons. The van der Waals surface area contributed by atoms with Crippen molar-refractivity contribution in [2.45, 2.75) is 33.7 Å².